The van der Waals surface area contributed by atoms with Crippen LogP contribution in [0.5, 0.6) is 5.75 Å². The van der Waals surface area contributed by atoms with E-state index in [-0.39, 0.29) is 12.3 Å². The van der Waals surface area contributed by atoms with Gasteiger partial charge in [-0.2, -0.15) is 0 Å². The van der Waals surface area contributed by atoms with Crippen LogP contribution in [0.2, 0.25) is 0 Å². The van der Waals surface area contributed by atoms with Crippen LogP contribution < -0.4 is 10.1 Å². The van der Waals surface area contributed by atoms with Crippen LogP contribution in [0.3, 0.4) is 0 Å². The lowest BCUT2D eigenvalue weighted by molar-refractivity contribution is -0.128. The van der Waals surface area contributed by atoms with Crippen molar-refractivity contribution in [2.75, 3.05) is 27.2 Å². The van der Waals surface area contributed by atoms with E-state index in [1.807, 2.05) is 12.1 Å². The third kappa shape index (κ3) is 4.41. The first kappa shape index (κ1) is 15.7. The monoisotopic (exact) mass is 293 g/mol. The molecular weight excluding hydrogens is 270 g/mol. The van der Waals surface area contributed by atoms with E-state index in [4.69, 9.17) is 4.74 Å². The van der Waals surface area contributed by atoms with E-state index in [1.54, 1.807) is 20.4 Å². The summed E-state index contributed by atoms with van der Waals surface area (Å²) < 4.78 is 5.19. The van der Waals surface area contributed by atoms with Crippen molar-refractivity contribution in [1.82, 2.24) is 15.2 Å². The van der Waals surface area contributed by atoms with Crippen molar-refractivity contribution in [3.63, 3.8) is 0 Å². The van der Waals surface area contributed by atoms with E-state index in [0.717, 1.165) is 24.4 Å². The highest BCUT2D eigenvalue weighted by atomic mass is 16.5. The average Bonchev–Trinajstić information content (AvgIpc) is 2.47. The van der Waals surface area contributed by atoms with Gasteiger partial charge in [0.15, 0.2) is 0 Å². The number of nitrogens with zero attached hydrogens (tertiary/aromatic N) is 2. The third-order valence-electron chi connectivity index (χ3n) is 3.81. The van der Waals surface area contributed by atoms with Gasteiger partial charge in [-0.3, -0.25) is 14.7 Å². The number of methoxy groups -OCH3 is 1. The molecule has 1 aliphatic heterocycles. The topological polar surface area (TPSA) is 74.7 Å². The fourth-order valence-electron chi connectivity index (χ4n) is 2.77. The minimum Gasteiger partial charge on any atom is -0.497 e. The second-order valence-electron chi connectivity index (χ2n) is 5.58. The molecule has 116 valence electrons. The van der Waals surface area contributed by atoms with Gasteiger partial charge in [0.1, 0.15) is 5.75 Å². The Bertz CT molecular complexity index is 495. The third-order valence-corrected chi connectivity index (χ3v) is 3.81. The summed E-state index contributed by atoms with van der Waals surface area (Å²) in [5, 5.41) is 13.1. The molecule has 0 saturated carbocycles. The molecule has 1 atom stereocenters. The number of rotatable bonds is 5. The molecule has 0 aliphatic carbocycles. The summed E-state index contributed by atoms with van der Waals surface area (Å²) in [7, 11) is 3.22. The Labute approximate surface area is 125 Å². The molecule has 1 fully saturated rings. The second-order valence-corrected chi connectivity index (χ2v) is 5.58. The number of likely N-dealkylation sites (tertiary alicyclic amines) is 1. The number of aromatic nitrogens is 1. The van der Waals surface area contributed by atoms with Crippen LogP contribution in [0.4, 0.5) is 0 Å². The lowest BCUT2D eigenvalue weighted by atomic mass is 9.89. The smallest absolute Gasteiger partial charge is 0.222 e. The highest BCUT2D eigenvalue weighted by Gasteiger charge is 2.35. The van der Waals surface area contributed by atoms with Gasteiger partial charge < -0.3 is 15.2 Å². The molecule has 2 heterocycles. The first-order valence-electron chi connectivity index (χ1n) is 7.19. The number of carbonyl (C=O) groups excluding carboxylic acids is 1. The first-order valence-corrected chi connectivity index (χ1v) is 7.19. The van der Waals surface area contributed by atoms with Gasteiger partial charge in [-0.25, -0.2) is 0 Å². The van der Waals surface area contributed by atoms with E-state index in [9.17, 15) is 9.90 Å². The number of β-amino-alcohol motifs (C(OH)–C–C–N with tert-alkyl or cyclic N) is 1. The Morgan fingerprint density at radius 2 is 2.43 bits per heavy atom. The predicted molar refractivity (Wildman–Crippen MR) is 78.9 cm³/mol. The van der Waals surface area contributed by atoms with Crippen molar-refractivity contribution < 1.29 is 14.6 Å². The molecule has 1 aromatic heterocycles. The van der Waals surface area contributed by atoms with Gasteiger partial charge in [-0.05, 0) is 25.5 Å². The lowest BCUT2D eigenvalue weighted by Crippen LogP contribution is -2.49. The van der Waals surface area contributed by atoms with Crippen molar-refractivity contribution in [2.45, 2.75) is 31.4 Å². The zero-order chi connectivity index (χ0) is 15.3. The molecule has 2 N–H and O–H groups in total. The number of carbonyl (C=O) groups is 1. The summed E-state index contributed by atoms with van der Waals surface area (Å²) in [6, 6.07) is 3.70. The number of amides is 1. The average molecular weight is 293 g/mol. The summed E-state index contributed by atoms with van der Waals surface area (Å²) in [5.74, 6) is 0.650. The van der Waals surface area contributed by atoms with E-state index < -0.39 is 5.60 Å². The summed E-state index contributed by atoms with van der Waals surface area (Å²) in [6.07, 6.45) is 3.39. The SMILES string of the molecule is CNC(=O)CC1(O)CCCN(Cc2cc(OC)ccn2)C1. The van der Waals surface area contributed by atoms with Gasteiger partial charge in [0, 0.05) is 32.4 Å². The van der Waals surface area contributed by atoms with Crippen LogP contribution in [-0.4, -0.2) is 53.7 Å². The Hall–Kier alpha value is -1.66. The van der Waals surface area contributed by atoms with Crippen molar-refractivity contribution in [3.8, 4) is 5.75 Å². The molecule has 2 rings (SSSR count). The van der Waals surface area contributed by atoms with Gasteiger partial charge in [0.25, 0.3) is 0 Å². The summed E-state index contributed by atoms with van der Waals surface area (Å²) in [6.45, 7) is 2.03. The molecule has 1 saturated heterocycles. The maximum atomic E-state index is 11.5. The van der Waals surface area contributed by atoms with Gasteiger partial charge in [0.2, 0.25) is 5.91 Å². The zero-order valence-corrected chi connectivity index (χ0v) is 12.6. The molecule has 0 spiro atoms. The number of pyridine rings is 1. The van der Waals surface area contributed by atoms with E-state index in [0.29, 0.717) is 19.5 Å². The molecule has 1 amide bonds. The minimum absolute atomic E-state index is 0.126. The molecule has 1 aliphatic rings. The van der Waals surface area contributed by atoms with E-state index in [1.165, 1.54) is 0 Å². The van der Waals surface area contributed by atoms with E-state index in [2.05, 4.69) is 15.2 Å². The number of hydrogen-bond acceptors (Lipinski definition) is 5. The van der Waals surface area contributed by atoms with Crippen molar-refractivity contribution in [1.29, 1.82) is 0 Å². The van der Waals surface area contributed by atoms with Crippen LogP contribution >= 0.6 is 0 Å². The number of nitrogens with one attached hydrogen (secondary N) is 1. The summed E-state index contributed by atoms with van der Waals surface area (Å²) in [4.78, 5) is 18.0. The maximum absolute atomic E-state index is 11.5. The molecule has 6 nitrogen and oxygen atoms in total. The molecule has 1 aromatic rings. The maximum Gasteiger partial charge on any atom is 0.222 e. The largest absolute Gasteiger partial charge is 0.497 e. The Morgan fingerprint density at radius 3 is 3.14 bits per heavy atom. The summed E-state index contributed by atoms with van der Waals surface area (Å²) >= 11 is 0. The van der Waals surface area contributed by atoms with Gasteiger partial charge in [0.05, 0.1) is 24.8 Å². The number of hydrogen-bond donors (Lipinski definition) is 2. The number of piperidine rings is 1. The standard InChI is InChI=1S/C15H23N3O3/c1-16-14(19)9-15(20)5-3-7-18(11-15)10-12-8-13(21-2)4-6-17-12/h4,6,8,20H,3,5,7,9-11H2,1-2H3,(H,16,19). The molecular formula is C15H23N3O3. The van der Waals surface area contributed by atoms with Gasteiger partial charge in [-0.1, -0.05) is 0 Å². The molecule has 1 unspecified atom stereocenters. The van der Waals surface area contributed by atoms with Crippen molar-refractivity contribution in [2.24, 2.45) is 0 Å². The van der Waals surface area contributed by atoms with Crippen molar-refractivity contribution in [3.05, 3.63) is 24.0 Å². The molecule has 0 radical (unpaired) electrons. The quantitative estimate of drug-likeness (QED) is 0.829. The highest BCUT2D eigenvalue weighted by Crippen LogP contribution is 2.25. The zero-order valence-electron chi connectivity index (χ0n) is 12.6. The Kier molecular flexibility index (Phi) is 5.14. The number of aliphatic hydroxyl groups is 1. The first-order chi connectivity index (χ1) is 10.0. The van der Waals surface area contributed by atoms with Crippen LogP contribution in [0.1, 0.15) is 25.0 Å². The molecule has 6 heteroatoms. The van der Waals surface area contributed by atoms with Crippen molar-refractivity contribution >= 4 is 5.91 Å². The minimum atomic E-state index is -0.947. The van der Waals surface area contributed by atoms with Crippen LogP contribution in [-0.2, 0) is 11.3 Å². The van der Waals surface area contributed by atoms with Crippen LogP contribution in [0.15, 0.2) is 18.3 Å². The predicted octanol–water partition coefficient (Wildman–Crippen LogP) is 0.553. The molecule has 21 heavy (non-hydrogen) atoms. The second kappa shape index (κ2) is 6.87. The Morgan fingerprint density at radius 1 is 1.62 bits per heavy atom. The van der Waals surface area contributed by atoms with Crippen LogP contribution in [0.25, 0.3) is 0 Å². The fraction of sp³-hybridized carbons (Fsp3) is 0.600. The highest BCUT2D eigenvalue weighted by molar-refractivity contribution is 5.76. The molecule has 0 bridgehead atoms. The van der Waals surface area contributed by atoms with Gasteiger partial charge >= 0.3 is 0 Å². The lowest BCUT2D eigenvalue weighted by Gasteiger charge is -2.38. The summed E-state index contributed by atoms with van der Waals surface area (Å²) in [5.41, 5.74) is -0.0458. The van der Waals surface area contributed by atoms with E-state index >= 15 is 0 Å². The molecule has 0 aromatic carbocycles. The Balaban J connectivity index is 1.98. The fourth-order valence-corrected chi connectivity index (χ4v) is 2.77. The normalized spacial score (nSPS) is 22.8. The van der Waals surface area contributed by atoms with Crippen LogP contribution in [0, 0.1) is 0 Å². The number of ether oxygens (including phenoxy) is 1. The van der Waals surface area contributed by atoms with Gasteiger partial charge in [-0.15, -0.1) is 0 Å².